The van der Waals surface area contributed by atoms with E-state index >= 15 is 0 Å². The van der Waals surface area contributed by atoms with E-state index in [1.165, 1.54) is 23.3 Å². The van der Waals surface area contributed by atoms with Crippen molar-refractivity contribution in [3.63, 3.8) is 0 Å². The molecule has 0 saturated heterocycles. The molecule has 0 aliphatic heterocycles. The summed E-state index contributed by atoms with van der Waals surface area (Å²) in [5.41, 5.74) is 5.05. The van der Waals surface area contributed by atoms with Crippen LogP contribution in [0.3, 0.4) is 0 Å². The Morgan fingerprint density at radius 1 is 1.29 bits per heavy atom. The van der Waals surface area contributed by atoms with Crippen LogP contribution in [0.1, 0.15) is 29.0 Å². The van der Waals surface area contributed by atoms with Crippen molar-refractivity contribution in [1.82, 2.24) is 9.97 Å². The van der Waals surface area contributed by atoms with Crippen LogP contribution in [-0.2, 0) is 12.8 Å². The minimum atomic E-state index is 0.667. The van der Waals surface area contributed by atoms with Gasteiger partial charge in [0.05, 0.1) is 17.2 Å². The summed E-state index contributed by atoms with van der Waals surface area (Å²) in [5.74, 6) is 7.91. The number of nitrogens with zero attached hydrogens (tertiary/aromatic N) is 2. The fourth-order valence-electron chi connectivity index (χ4n) is 3.00. The van der Waals surface area contributed by atoms with Crippen LogP contribution in [0.4, 0.5) is 5.82 Å². The molecule has 4 rings (SSSR count). The Morgan fingerprint density at radius 2 is 2.14 bits per heavy atom. The lowest BCUT2D eigenvalue weighted by Gasteiger charge is -2.11. The van der Waals surface area contributed by atoms with E-state index in [1.54, 1.807) is 17.6 Å². The Bertz CT molecular complexity index is 821. The third kappa shape index (κ3) is 1.94. The van der Waals surface area contributed by atoms with Crippen molar-refractivity contribution >= 4 is 27.4 Å². The van der Waals surface area contributed by atoms with Crippen LogP contribution in [-0.4, -0.2) is 9.97 Å². The minimum Gasteiger partial charge on any atom is -0.469 e. The maximum Gasteiger partial charge on any atom is 0.166 e. The zero-order chi connectivity index (χ0) is 14.4. The smallest absolute Gasteiger partial charge is 0.166 e. The number of aryl methyl sites for hydroxylation is 3. The van der Waals surface area contributed by atoms with Gasteiger partial charge < -0.3 is 9.84 Å². The summed E-state index contributed by atoms with van der Waals surface area (Å²) in [5, 5.41) is 1.10. The number of rotatable bonds is 2. The van der Waals surface area contributed by atoms with Gasteiger partial charge in [0, 0.05) is 4.88 Å². The lowest BCUT2D eigenvalue weighted by atomic mass is 9.97. The second-order valence-corrected chi connectivity index (χ2v) is 6.41. The SMILES string of the molecule is Cc1occc1-c1nc(NN)c2c3c(sc2n1)CCCC3. The minimum absolute atomic E-state index is 0.667. The lowest BCUT2D eigenvalue weighted by molar-refractivity contribution is 0.535. The molecule has 6 heteroatoms. The van der Waals surface area contributed by atoms with Crippen LogP contribution in [0.25, 0.3) is 21.6 Å². The molecule has 1 aliphatic rings. The average Bonchev–Trinajstić information content (AvgIpc) is 3.09. The Balaban J connectivity index is 1.98. The average molecular weight is 300 g/mol. The number of hydrogen-bond donors (Lipinski definition) is 2. The first-order valence-electron chi connectivity index (χ1n) is 7.11. The third-order valence-corrected chi connectivity index (χ3v) is 5.24. The van der Waals surface area contributed by atoms with Gasteiger partial charge in [-0.3, -0.25) is 0 Å². The van der Waals surface area contributed by atoms with E-state index in [0.717, 1.165) is 40.2 Å². The Hall–Kier alpha value is -1.92. The molecular formula is C15H16N4OS. The molecule has 0 radical (unpaired) electrons. The molecule has 0 saturated carbocycles. The van der Waals surface area contributed by atoms with Gasteiger partial charge in [-0.25, -0.2) is 15.8 Å². The monoisotopic (exact) mass is 300 g/mol. The summed E-state index contributed by atoms with van der Waals surface area (Å²) >= 11 is 1.77. The fourth-order valence-corrected chi connectivity index (χ4v) is 4.26. The van der Waals surface area contributed by atoms with Crippen molar-refractivity contribution in [2.24, 2.45) is 5.84 Å². The number of nitrogens with two attached hydrogens (primary N) is 1. The number of fused-ring (bicyclic) bond motifs is 3. The molecule has 5 nitrogen and oxygen atoms in total. The molecule has 3 heterocycles. The predicted octanol–water partition coefficient (Wildman–Crippen LogP) is 3.42. The van der Waals surface area contributed by atoms with Gasteiger partial charge in [-0.1, -0.05) is 0 Å². The van der Waals surface area contributed by atoms with Crippen LogP contribution >= 0.6 is 11.3 Å². The number of nitrogen functional groups attached to an aromatic ring is 1. The van der Waals surface area contributed by atoms with Crippen molar-refractivity contribution in [2.45, 2.75) is 32.6 Å². The molecule has 3 aromatic heterocycles. The molecule has 0 amide bonds. The zero-order valence-electron chi connectivity index (χ0n) is 11.8. The first kappa shape index (κ1) is 12.8. The lowest BCUT2D eigenvalue weighted by Crippen LogP contribution is -2.11. The molecular weight excluding hydrogens is 284 g/mol. The molecule has 3 aromatic rings. The second kappa shape index (κ2) is 4.82. The summed E-state index contributed by atoms with van der Waals surface area (Å²) in [6.45, 7) is 1.91. The maximum absolute atomic E-state index is 5.71. The fraction of sp³-hybridized carbons (Fsp3) is 0.333. The van der Waals surface area contributed by atoms with Gasteiger partial charge in [0.2, 0.25) is 0 Å². The van der Waals surface area contributed by atoms with Crippen molar-refractivity contribution in [2.75, 3.05) is 5.43 Å². The van der Waals surface area contributed by atoms with E-state index < -0.39 is 0 Å². The van der Waals surface area contributed by atoms with E-state index in [9.17, 15) is 0 Å². The molecule has 108 valence electrons. The first-order chi connectivity index (χ1) is 10.3. The third-order valence-electron chi connectivity index (χ3n) is 4.05. The topological polar surface area (TPSA) is 77.0 Å². The first-order valence-corrected chi connectivity index (χ1v) is 7.93. The Morgan fingerprint density at radius 3 is 2.90 bits per heavy atom. The van der Waals surface area contributed by atoms with Crippen LogP contribution in [0.15, 0.2) is 16.7 Å². The van der Waals surface area contributed by atoms with Gasteiger partial charge in [-0.2, -0.15) is 0 Å². The van der Waals surface area contributed by atoms with Crippen LogP contribution in [0, 0.1) is 6.92 Å². The molecule has 0 aromatic carbocycles. The number of hydrazine groups is 1. The van der Waals surface area contributed by atoms with Gasteiger partial charge in [-0.15, -0.1) is 11.3 Å². The van der Waals surface area contributed by atoms with Crippen LogP contribution < -0.4 is 11.3 Å². The number of furan rings is 1. The van der Waals surface area contributed by atoms with E-state index in [-0.39, 0.29) is 0 Å². The molecule has 1 aliphatic carbocycles. The number of nitrogens with one attached hydrogen (secondary N) is 1. The van der Waals surface area contributed by atoms with Gasteiger partial charge in [0.1, 0.15) is 10.6 Å². The van der Waals surface area contributed by atoms with E-state index in [2.05, 4.69) is 10.4 Å². The second-order valence-electron chi connectivity index (χ2n) is 5.32. The highest BCUT2D eigenvalue weighted by molar-refractivity contribution is 7.19. The molecule has 0 fully saturated rings. The molecule has 0 spiro atoms. The van der Waals surface area contributed by atoms with E-state index in [0.29, 0.717) is 5.82 Å². The zero-order valence-corrected chi connectivity index (χ0v) is 12.6. The predicted molar refractivity (Wildman–Crippen MR) is 84.3 cm³/mol. The van der Waals surface area contributed by atoms with Crippen molar-refractivity contribution in [3.8, 4) is 11.4 Å². The standard InChI is InChI=1S/C15H16N4OS/c1-8-9(6-7-20-8)13-17-14(19-16)12-10-4-2-3-5-11(10)21-15(12)18-13/h6-7H,2-5,16H2,1H3,(H,17,18,19). The van der Waals surface area contributed by atoms with Crippen LogP contribution in [0.5, 0.6) is 0 Å². The number of aromatic nitrogens is 2. The van der Waals surface area contributed by atoms with E-state index in [1.807, 2.05) is 13.0 Å². The molecule has 3 N–H and O–H groups in total. The van der Waals surface area contributed by atoms with Crippen molar-refractivity contribution in [1.29, 1.82) is 0 Å². The van der Waals surface area contributed by atoms with Gasteiger partial charge in [0.25, 0.3) is 0 Å². The highest BCUT2D eigenvalue weighted by Crippen LogP contribution is 2.39. The summed E-state index contributed by atoms with van der Waals surface area (Å²) in [6, 6.07) is 1.89. The molecule has 21 heavy (non-hydrogen) atoms. The summed E-state index contributed by atoms with van der Waals surface area (Å²) in [4.78, 5) is 11.8. The summed E-state index contributed by atoms with van der Waals surface area (Å²) < 4.78 is 5.36. The normalized spacial score (nSPS) is 14.4. The van der Waals surface area contributed by atoms with Gasteiger partial charge in [-0.05, 0) is 44.2 Å². The quantitative estimate of drug-likeness (QED) is 0.560. The van der Waals surface area contributed by atoms with Crippen molar-refractivity contribution in [3.05, 3.63) is 28.5 Å². The van der Waals surface area contributed by atoms with E-state index in [4.69, 9.17) is 15.2 Å². The van der Waals surface area contributed by atoms with Gasteiger partial charge in [0.15, 0.2) is 11.6 Å². The largest absolute Gasteiger partial charge is 0.469 e. The maximum atomic E-state index is 5.71. The molecule has 0 unspecified atom stereocenters. The van der Waals surface area contributed by atoms with Crippen molar-refractivity contribution < 1.29 is 4.42 Å². The molecule has 0 bridgehead atoms. The number of thiophene rings is 1. The Labute approximate surface area is 126 Å². The number of hydrogen-bond acceptors (Lipinski definition) is 6. The van der Waals surface area contributed by atoms with Crippen LogP contribution in [0.2, 0.25) is 0 Å². The summed E-state index contributed by atoms with van der Waals surface area (Å²) in [7, 11) is 0. The highest BCUT2D eigenvalue weighted by atomic mass is 32.1. The highest BCUT2D eigenvalue weighted by Gasteiger charge is 2.21. The molecule has 0 atom stereocenters. The Kier molecular flexibility index (Phi) is 2.94. The summed E-state index contributed by atoms with van der Waals surface area (Å²) in [6.07, 6.45) is 6.38. The number of anilines is 1. The van der Waals surface area contributed by atoms with Gasteiger partial charge >= 0.3 is 0 Å².